The van der Waals surface area contributed by atoms with Gasteiger partial charge in [-0.25, -0.2) is 0 Å². The molecule has 1 saturated heterocycles. The first kappa shape index (κ1) is 13.1. The van der Waals surface area contributed by atoms with Crippen LogP contribution in [0.1, 0.15) is 31.0 Å². The first-order valence-electron chi connectivity index (χ1n) is 6.67. The van der Waals surface area contributed by atoms with Gasteiger partial charge in [0.15, 0.2) is 0 Å². The van der Waals surface area contributed by atoms with Crippen LogP contribution in [0.4, 0.5) is 0 Å². The first-order valence-corrected chi connectivity index (χ1v) is 6.67. The number of aliphatic carboxylic acids is 1. The molecule has 0 amide bonds. The van der Waals surface area contributed by atoms with Crippen LogP contribution in [0, 0.1) is 12.8 Å². The number of nitrogens with zero attached hydrogens (tertiary/aromatic N) is 2. The fourth-order valence-electron chi connectivity index (χ4n) is 2.69. The number of carboxylic acids is 1. The van der Waals surface area contributed by atoms with Crippen molar-refractivity contribution in [3.05, 3.63) is 17.5 Å². The van der Waals surface area contributed by atoms with Crippen molar-refractivity contribution in [3.8, 4) is 0 Å². The number of quaternary nitrogens is 1. The normalized spacial score (nSPS) is 24.1. The van der Waals surface area contributed by atoms with E-state index >= 15 is 0 Å². The third kappa shape index (κ3) is 2.72. The standard InChI is InChI=1S/C13H21N3O2/c1-3-16-10(2)12(8-14-16)9-15-6-4-11(5-7-15)13(17)18/h8,11H,3-7,9H2,1-2H3,(H,17,18). The van der Waals surface area contributed by atoms with Crippen LogP contribution in [0.3, 0.4) is 0 Å². The summed E-state index contributed by atoms with van der Waals surface area (Å²) in [5.41, 5.74) is 2.51. The molecule has 0 radical (unpaired) electrons. The number of aryl methyl sites for hydroxylation is 1. The van der Waals surface area contributed by atoms with E-state index in [4.69, 9.17) is 0 Å². The molecule has 1 fully saturated rings. The molecule has 1 N–H and O–H groups in total. The van der Waals surface area contributed by atoms with Crippen molar-refractivity contribution < 1.29 is 14.8 Å². The lowest BCUT2D eigenvalue weighted by molar-refractivity contribution is -0.919. The number of carbonyl (C=O) groups excluding carboxylic acids is 1. The van der Waals surface area contributed by atoms with Crippen LogP contribution < -0.4 is 10.0 Å². The van der Waals surface area contributed by atoms with Crippen LogP contribution in [0.2, 0.25) is 0 Å². The Hall–Kier alpha value is -1.36. The highest BCUT2D eigenvalue weighted by molar-refractivity contribution is 5.67. The Kier molecular flexibility index (Phi) is 4.01. The molecule has 1 aliphatic heterocycles. The second kappa shape index (κ2) is 5.52. The number of rotatable bonds is 4. The van der Waals surface area contributed by atoms with Crippen LogP contribution in [-0.4, -0.2) is 28.8 Å². The Labute approximate surface area is 107 Å². The lowest BCUT2D eigenvalue weighted by Crippen LogP contribution is -3.11. The Balaban J connectivity index is 1.91. The minimum absolute atomic E-state index is 0.242. The zero-order chi connectivity index (χ0) is 13.1. The second-order valence-electron chi connectivity index (χ2n) is 5.09. The van der Waals surface area contributed by atoms with Gasteiger partial charge in [0.1, 0.15) is 6.54 Å². The predicted molar refractivity (Wildman–Crippen MR) is 64.8 cm³/mol. The minimum Gasteiger partial charge on any atom is -0.550 e. The highest BCUT2D eigenvalue weighted by Crippen LogP contribution is 2.10. The maximum Gasteiger partial charge on any atom is 0.106 e. The van der Waals surface area contributed by atoms with Crippen LogP contribution >= 0.6 is 0 Å². The zero-order valence-corrected chi connectivity index (χ0v) is 11.1. The zero-order valence-electron chi connectivity index (χ0n) is 11.1. The van der Waals surface area contributed by atoms with Gasteiger partial charge in [-0.3, -0.25) is 4.68 Å². The van der Waals surface area contributed by atoms with E-state index in [9.17, 15) is 9.90 Å². The van der Waals surface area contributed by atoms with Gasteiger partial charge in [-0.15, -0.1) is 0 Å². The summed E-state index contributed by atoms with van der Waals surface area (Å²) in [6, 6.07) is 0. The third-order valence-corrected chi connectivity index (χ3v) is 3.97. The number of likely N-dealkylation sites (tertiary alicyclic amines) is 1. The molecule has 0 atom stereocenters. The Morgan fingerprint density at radius 3 is 2.72 bits per heavy atom. The van der Waals surface area contributed by atoms with E-state index in [0.717, 1.165) is 39.0 Å². The van der Waals surface area contributed by atoms with Crippen LogP contribution in [-0.2, 0) is 17.9 Å². The fourth-order valence-corrected chi connectivity index (χ4v) is 2.69. The molecule has 5 heteroatoms. The summed E-state index contributed by atoms with van der Waals surface area (Å²) in [6.45, 7) is 7.85. The molecule has 0 saturated carbocycles. The summed E-state index contributed by atoms with van der Waals surface area (Å²) in [4.78, 5) is 12.2. The van der Waals surface area contributed by atoms with E-state index in [1.54, 1.807) is 0 Å². The summed E-state index contributed by atoms with van der Waals surface area (Å²) in [6.07, 6.45) is 3.41. The van der Waals surface area contributed by atoms with Gasteiger partial charge in [0, 0.05) is 42.5 Å². The lowest BCUT2D eigenvalue weighted by atomic mass is 9.97. The highest BCUT2D eigenvalue weighted by atomic mass is 16.4. The SMILES string of the molecule is CCn1ncc(C[NH+]2CCC(C(=O)[O-])CC2)c1C. The molecule has 100 valence electrons. The quantitative estimate of drug-likeness (QED) is 0.728. The van der Waals surface area contributed by atoms with E-state index < -0.39 is 5.97 Å². The van der Waals surface area contributed by atoms with Gasteiger partial charge in [0.25, 0.3) is 0 Å². The maximum atomic E-state index is 10.8. The number of carboxylic acid groups (broad SMARTS) is 1. The number of piperidine rings is 1. The smallest absolute Gasteiger partial charge is 0.106 e. The fraction of sp³-hybridized carbons (Fsp3) is 0.692. The maximum absolute atomic E-state index is 10.8. The Morgan fingerprint density at radius 2 is 2.22 bits per heavy atom. The Morgan fingerprint density at radius 1 is 1.56 bits per heavy atom. The van der Waals surface area contributed by atoms with Gasteiger partial charge in [0.05, 0.1) is 19.3 Å². The molecule has 5 nitrogen and oxygen atoms in total. The van der Waals surface area contributed by atoms with Gasteiger partial charge < -0.3 is 14.8 Å². The molecule has 0 spiro atoms. The van der Waals surface area contributed by atoms with Crippen LogP contribution in [0.5, 0.6) is 0 Å². The second-order valence-corrected chi connectivity index (χ2v) is 5.09. The van der Waals surface area contributed by atoms with Gasteiger partial charge in [0.2, 0.25) is 0 Å². The summed E-state index contributed by atoms with van der Waals surface area (Å²) in [7, 11) is 0. The molecular weight excluding hydrogens is 230 g/mol. The number of nitrogens with one attached hydrogen (secondary N) is 1. The molecule has 0 bridgehead atoms. The van der Waals surface area contributed by atoms with E-state index in [0.29, 0.717) is 0 Å². The van der Waals surface area contributed by atoms with Gasteiger partial charge >= 0.3 is 0 Å². The van der Waals surface area contributed by atoms with Crippen molar-refractivity contribution in [1.29, 1.82) is 0 Å². The molecule has 1 aliphatic rings. The van der Waals surface area contributed by atoms with Crippen molar-refractivity contribution >= 4 is 5.97 Å². The van der Waals surface area contributed by atoms with Crippen molar-refractivity contribution in [2.24, 2.45) is 5.92 Å². The number of aromatic nitrogens is 2. The van der Waals surface area contributed by atoms with Crippen molar-refractivity contribution in [2.45, 2.75) is 39.8 Å². The van der Waals surface area contributed by atoms with Crippen molar-refractivity contribution in [2.75, 3.05) is 13.1 Å². The third-order valence-electron chi connectivity index (χ3n) is 3.97. The van der Waals surface area contributed by atoms with Crippen LogP contribution in [0.15, 0.2) is 6.20 Å². The summed E-state index contributed by atoms with van der Waals surface area (Å²) < 4.78 is 2.00. The molecule has 0 aromatic carbocycles. The molecule has 18 heavy (non-hydrogen) atoms. The summed E-state index contributed by atoms with van der Waals surface area (Å²) in [5.74, 6) is -1.13. The monoisotopic (exact) mass is 251 g/mol. The van der Waals surface area contributed by atoms with Crippen molar-refractivity contribution in [3.63, 3.8) is 0 Å². The van der Waals surface area contributed by atoms with Crippen LogP contribution in [0.25, 0.3) is 0 Å². The average molecular weight is 251 g/mol. The van der Waals surface area contributed by atoms with E-state index in [2.05, 4.69) is 18.9 Å². The summed E-state index contributed by atoms with van der Waals surface area (Å²) >= 11 is 0. The van der Waals surface area contributed by atoms with E-state index in [1.807, 2.05) is 10.9 Å². The highest BCUT2D eigenvalue weighted by Gasteiger charge is 2.23. The molecule has 2 rings (SSSR count). The Bertz CT molecular complexity index is 420. The molecule has 1 aromatic heterocycles. The number of carbonyl (C=O) groups is 1. The van der Waals surface area contributed by atoms with Crippen molar-refractivity contribution in [1.82, 2.24) is 9.78 Å². The minimum atomic E-state index is -0.885. The largest absolute Gasteiger partial charge is 0.550 e. The molecule has 2 heterocycles. The van der Waals surface area contributed by atoms with Gasteiger partial charge in [-0.05, 0) is 13.8 Å². The van der Waals surface area contributed by atoms with E-state index in [-0.39, 0.29) is 5.92 Å². The van der Waals surface area contributed by atoms with E-state index in [1.165, 1.54) is 16.2 Å². The molecule has 0 unspecified atom stereocenters. The molecule has 1 aromatic rings. The molecular formula is C13H21N3O2. The van der Waals surface area contributed by atoms with Gasteiger partial charge in [-0.1, -0.05) is 0 Å². The number of hydrogen-bond donors (Lipinski definition) is 1. The average Bonchev–Trinajstić information content (AvgIpc) is 2.71. The molecule has 0 aliphatic carbocycles. The lowest BCUT2D eigenvalue weighted by Gasteiger charge is -2.29. The first-order chi connectivity index (χ1) is 8.61. The topological polar surface area (TPSA) is 62.4 Å². The van der Waals surface area contributed by atoms with Gasteiger partial charge in [-0.2, -0.15) is 5.10 Å². The predicted octanol–water partition coefficient (Wildman–Crippen LogP) is -1.24. The summed E-state index contributed by atoms with van der Waals surface area (Å²) in [5, 5.41) is 15.1. The number of hydrogen-bond acceptors (Lipinski definition) is 3.